The molecule has 1 aromatic heterocycles. The molecule has 16 heavy (non-hydrogen) atoms. The van der Waals surface area contributed by atoms with E-state index < -0.39 is 0 Å². The van der Waals surface area contributed by atoms with Crippen LogP contribution in [0, 0.1) is 5.21 Å². The van der Waals surface area contributed by atoms with Gasteiger partial charge in [0.15, 0.2) is 0 Å². The number of aromatic nitrogens is 1. The van der Waals surface area contributed by atoms with Crippen LogP contribution < -0.4 is 4.73 Å². The smallest absolute Gasteiger partial charge is 0.393 e. The lowest BCUT2D eigenvalue weighted by atomic mass is 10.2. The van der Waals surface area contributed by atoms with Crippen molar-refractivity contribution < 1.29 is 9.15 Å². The third-order valence-corrected chi connectivity index (χ3v) is 2.50. The Hall–Kier alpha value is -2.29. The Morgan fingerprint density at radius 2 is 1.56 bits per heavy atom. The van der Waals surface area contributed by atoms with Crippen LogP contribution in [-0.4, -0.2) is 0 Å². The van der Waals surface area contributed by atoms with E-state index in [-0.39, 0.29) is 0 Å². The number of rotatable bonds is 1. The number of fused-ring (bicyclic) bond motifs is 1. The van der Waals surface area contributed by atoms with Crippen molar-refractivity contribution in [3.8, 4) is 11.5 Å². The topological polar surface area (TPSA) is 40.1 Å². The van der Waals surface area contributed by atoms with Gasteiger partial charge in [-0.2, -0.15) is 0 Å². The first kappa shape index (κ1) is 8.97. The molecule has 3 rings (SSSR count). The van der Waals surface area contributed by atoms with Gasteiger partial charge >= 0.3 is 5.89 Å². The Balaban J connectivity index is 2.29. The average Bonchev–Trinajstić information content (AvgIpc) is 2.69. The zero-order valence-corrected chi connectivity index (χ0v) is 8.46. The summed E-state index contributed by atoms with van der Waals surface area (Å²) >= 11 is 0. The van der Waals surface area contributed by atoms with Gasteiger partial charge in [0.05, 0.1) is 5.56 Å². The highest BCUT2D eigenvalue weighted by molar-refractivity contribution is 5.71. The Morgan fingerprint density at radius 3 is 2.31 bits per heavy atom. The normalized spacial score (nSPS) is 10.8. The molecule has 0 radical (unpaired) electrons. The Bertz CT molecular complexity index is 629. The van der Waals surface area contributed by atoms with Gasteiger partial charge in [-0.1, -0.05) is 30.3 Å². The van der Waals surface area contributed by atoms with Crippen molar-refractivity contribution in [2.45, 2.75) is 0 Å². The van der Waals surface area contributed by atoms with Gasteiger partial charge in [0, 0.05) is 6.07 Å². The van der Waals surface area contributed by atoms with Crippen molar-refractivity contribution >= 4 is 11.1 Å². The minimum absolute atomic E-state index is 0.335. The van der Waals surface area contributed by atoms with Crippen molar-refractivity contribution in [3.63, 3.8) is 0 Å². The van der Waals surface area contributed by atoms with Crippen LogP contribution in [0.3, 0.4) is 0 Å². The van der Waals surface area contributed by atoms with E-state index in [4.69, 9.17) is 4.42 Å². The van der Waals surface area contributed by atoms with Gasteiger partial charge < -0.3 is 9.62 Å². The largest absolute Gasteiger partial charge is 0.615 e. The van der Waals surface area contributed by atoms with E-state index in [0.29, 0.717) is 17.0 Å². The zero-order valence-electron chi connectivity index (χ0n) is 8.46. The number of hydrogen-bond donors (Lipinski definition) is 0. The molecule has 0 aliphatic heterocycles. The molecule has 0 atom stereocenters. The summed E-state index contributed by atoms with van der Waals surface area (Å²) in [6.45, 7) is 0. The monoisotopic (exact) mass is 211 g/mol. The van der Waals surface area contributed by atoms with Crippen LogP contribution in [0.2, 0.25) is 0 Å². The summed E-state index contributed by atoms with van der Waals surface area (Å²) in [5, 5.41) is 12.0. The predicted octanol–water partition coefficient (Wildman–Crippen LogP) is 2.73. The van der Waals surface area contributed by atoms with Gasteiger partial charge in [-0.05, 0) is 18.2 Å². The quantitative estimate of drug-likeness (QED) is 0.458. The van der Waals surface area contributed by atoms with Crippen LogP contribution in [-0.2, 0) is 0 Å². The standard InChI is InChI=1S/C13H9NO2/c15-14-11-8-4-5-9-12(11)16-13(14)10-6-2-1-3-7-10/h1-9H. The van der Waals surface area contributed by atoms with Crippen molar-refractivity contribution in [2.24, 2.45) is 0 Å². The molecule has 0 amide bonds. The third kappa shape index (κ3) is 1.26. The minimum atomic E-state index is 0.335. The molecule has 0 fully saturated rings. The maximum Gasteiger partial charge on any atom is 0.393 e. The highest BCUT2D eigenvalue weighted by Gasteiger charge is 2.18. The second kappa shape index (κ2) is 3.38. The lowest BCUT2D eigenvalue weighted by Gasteiger charge is -1.95. The Morgan fingerprint density at radius 1 is 0.875 bits per heavy atom. The molecule has 3 nitrogen and oxygen atoms in total. The molecule has 0 spiro atoms. The van der Waals surface area contributed by atoms with Crippen LogP contribution in [0.4, 0.5) is 0 Å². The van der Waals surface area contributed by atoms with Crippen LogP contribution >= 0.6 is 0 Å². The number of benzene rings is 2. The lowest BCUT2D eigenvalue weighted by molar-refractivity contribution is -0.569. The summed E-state index contributed by atoms with van der Waals surface area (Å²) in [6.07, 6.45) is 0. The molecule has 0 aliphatic rings. The van der Waals surface area contributed by atoms with Gasteiger partial charge in [0.2, 0.25) is 5.58 Å². The Labute approximate surface area is 92.1 Å². The molecule has 2 aromatic carbocycles. The number of oxazole rings is 1. The first-order valence-corrected chi connectivity index (χ1v) is 5.03. The molecular formula is C13H9NO2. The van der Waals surface area contributed by atoms with Gasteiger partial charge in [0.1, 0.15) is 0 Å². The van der Waals surface area contributed by atoms with Crippen LogP contribution in [0.25, 0.3) is 22.6 Å². The first-order chi connectivity index (χ1) is 7.86. The fraction of sp³-hybridized carbons (Fsp3) is 0. The van der Waals surface area contributed by atoms with E-state index in [1.165, 1.54) is 0 Å². The second-order valence-corrected chi connectivity index (χ2v) is 3.54. The summed E-state index contributed by atoms with van der Waals surface area (Å²) in [4.78, 5) is 0. The van der Waals surface area contributed by atoms with Crippen LogP contribution in [0.15, 0.2) is 59.0 Å². The molecule has 0 aliphatic carbocycles. The summed E-state index contributed by atoms with van der Waals surface area (Å²) in [7, 11) is 0. The fourth-order valence-electron chi connectivity index (χ4n) is 1.72. The van der Waals surface area contributed by atoms with Crippen molar-refractivity contribution in [2.75, 3.05) is 0 Å². The number of nitrogens with zero attached hydrogens (tertiary/aromatic N) is 1. The third-order valence-electron chi connectivity index (χ3n) is 2.50. The van der Waals surface area contributed by atoms with Crippen molar-refractivity contribution in [1.29, 1.82) is 0 Å². The number of para-hydroxylation sites is 2. The molecule has 0 N–H and O–H groups in total. The SMILES string of the molecule is [O-][n+]1c(-c2ccccc2)oc2ccccc21. The Kier molecular flexibility index (Phi) is 1.90. The van der Waals surface area contributed by atoms with Crippen LogP contribution in [0.5, 0.6) is 0 Å². The minimum Gasteiger partial charge on any atom is -0.615 e. The van der Waals surface area contributed by atoms with Crippen molar-refractivity contribution in [1.82, 2.24) is 0 Å². The predicted molar refractivity (Wildman–Crippen MR) is 60.6 cm³/mol. The first-order valence-electron chi connectivity index (χ1n) is 5.03. The highest BCUT2D eigenvalue weighted by atomic mass is 16.5. The molecule has 78 valence electrons. The number of hydrogen-bond acceptors (Lipinski definition) is 2. The van der Waals surface area contributed by atoms with Gasteiger partial charge in [-0.15, -0.1) is 4.73 Å². The average molecular weight is 211 g/mol. The van der Waals surface area contributed by atoms with E-state index in [1.807, 2.05) is 42.5 Å². The molecule has 0 saturated heterocycles. The van der Waals surface area contributed by atoms with E-state index in [1.54, 1.807) is 12.1 Å². The maximum absolute atomic E-state index is 12.0. The van der Waals surface area contributed by atoms with Gasteiger partial charge in [-0.25, -0.2) is 0 Å². The maximum atomic E-state index is 12.0. The van der Waals surface area contributed by atoms with Gasteiger partial charge in [-0.3, -0.25) is 0 Å². The molecular weight excluding hydrogens is 202 g/mol. The summed E-state index contributed by atoms with van der Waals surface area (Å²) in [5.74, 6) is 0.335. The van der Waals surface area contributed by atoms with Crippen LogP contribution in [0.1, 0.15) is 0 Å². The molecule has 0 unspecified atom stereocenters. The van der Waals surface area contributed by atoms with E-state index >= 15 is 0 Å². The molecule has 3 aromatic rings. The molecule has 0 bridgehead atoms. The molecule has 0 saturated carbocycles. The van der Waals surface area contributed by atoms with E-state index in [9.17, 15) is 5.21 Å². The highest BCUT2D eigenvalue weighted by Crippen LogP contribution is 2.21. The lowest BCUT2D eigenvalue weighted by Crippen LogP contribution is -2.26. The summed E-state index contributed by atoms with van der Waals surface area (Å²) < 4.78 is 6.36. The zero-order chi connectivity index (χ0) is 11.0. The summed E-state index contributed by atoms with van der Waals surface area (Å²) in [6, 6.07) is 16.6. The molecule has 1 heterocycles. The summed E-state index contributed by atoms with van der Waals surface area (Å²) in [5.41, 5.74) is 1.95. The van der Waals surface area contributed by atoms with E-state index in [0.717, 1.165) is 10.3 Å². The molecule has 3 heteroatoms. The second-order valence-electron chi connectivity index (χ2n) is 3.54. The fourth-order valence-corrected chi connectivity index (χ4v) is 1.72. The van der Waals surface area contributed by atoms with E-state index in [2.05, 4.69) is 0 Å². The van der Waals surface area contributed by atoms with Crippen molar-refractivity contribution in [3.05, 3.63) is 59.8 Å². The van der Waals surface area contributed by atoms with Gasteiger partial charge in [0.25, 0.3) is 5.52 Å².